The summed E-state index contributed by atoms with van der Waals surface area (Å²) in [6.07, 6.45) is 2.48. The zero-order chi connectivity index (χ0) is 15.2. The van der Waals surface area contributed by atoms with Crippen molar-refractivity contribution in [3.63, 3.8) is 0 Å². The van der Waals surface area contributed by atoms with Gasteiger partial charge in [-0.1, -0.05) is 13.0 Å². The van der Waals surface area contributed by atoms with E-state index in [-0.39, 0.29) is 5.69 Å². The molecule has 6 heteroatoms. The molecule has 1 unspecified atom stereocenters. The minimum atomic E-state index is -0.405. The van der Waals surface area contributed by atoms with Crippen LogP contribution in [0.4, 0.5) is 5.69 Å². The van der Waals surface area contributed by atoms with E-state index in [2.05, 4.69) is 17.1 Å². The molecule has 1 fully saturated rings. The highest BCUT2D eigenvalue weighted by atomic mass is 16.6. The number of methoxy groups -OCH3 is 1. The van der Waals surface area contributed by atoms with Gasteiger partial charge < -0.3 is 10.1 Å². The van der Waals surface area contributed by atoms with Gasteiger partial charge in [0, 0.05) is 25.2 Å². The number of nitro groups is 1. The molecule has 2 rings (SSSR count). The smallest absolute Gasteiger partial charge is 0.311 e. The van der Waals surface area contributed by atoms with Crippen LogP contribution in [0.1, 0.15) is 25.3 Å². The van der Waals surface area contributed by atoms with Gasteiger partial charge in [-0.05, 0) is 37.6 Å². The van der Waals surface area contributed by atoms with Gasteiger partial charge >= 0.3 is 5.69 Å². The Morgan fingerprint density at radius 2 is 2.33 bits per heavy atom. The fraction of sp³-hybridized carbons (Fsp3) is 0.600. The minimum Gasteiger partial charge on any atom is -0.490 e. The number of ether oxygens (including phenoxy) is 1. The molecule has 1 saturated heterocycles. The number of nitrogens with one attached hydrogen (secondary N) is 1. The highest BCUT2D eigenvalue weighted by Crippen LogP contribution is 2.27. The third kappa shape index (κ3) is 3.92. The van der Waals surface area contributed by atoms with E-state index in [1.807, 2.05) is 6.07 Å². The van der Waals surface area contributed by atoms with Crippen LogP contribution in [0.25, 0.3) is 0 Å². The highest BCUT2D eigenvalue weighted by molar-refractivity contribution is 5.48. The van der Waals surface area contributed by atoms with Crippen LogP contribution in [0, 0.1) is 10.1 Å². The number of hydrogen-bond acceptors (Lipinski definition) is 5. The Labute approximate surface area is 125 Å². The maximum absolute atomic E-state index is 11.0. The molecular formula is C15H23N3O3. The molecule has 21 heavy (non-hydrogen) atoms. The molecule has 0 spiro atoms. The van der Waals surface area contributed by atoms with Gasteiger partial charge in [-0.2, -0.15) is 0 Å². The van der Waals surface area contributed by atoms with E-state index in [0.717, 1.165) is 18.7 Å². The zero-order valence-corrected chi connectivity index (χ0v) is 12.7. The second kappa shape index (κ2) is 7.38. The second-order valence-electron chi connectivity index (χ2n) is 5.32. The fourth-order valence-corrected chi connectivity index (χ4v) is 2.91. The molecular weight excluding hydrogens is 270 g/mol. The van der Waals surface area contributed by atoms with Gasteiger partial charge in [-0.15, -0.1) is 0 Å². The Morgan fingerprint density at radius 3 is 3.00 bits per heavy atom. The number of rotatable bonds is 7. The first kappa shape index (κ1) is 15.7. The van der Waals surface area contributed by atoms with Crippen molar-refractivity contribution in [1.29, 1.82) is 0 Å². The van der Waals surface area contributed by atoms with Crippen molar-refractivity contribution in [2.24, 2.45) is 0 Å². The number of benzene rings is 1. The molecule has 116 valence electrons. The molecule has 0 aromatic heterocycles. The van der Waals surface area contributed by atoms with Crippen LogP contribution < -0.4 is 10.1 Å². The molecule has 1 N–H and O–H groups in total. The van der Waals surface area contributed by atoms with Crippen LogP contribution in [0.15, 0.2) is 18.2 Å². The largest absolute Gasteiger partial charge is 0.490 e. The highest BCUT2D eigenvalue weighted by Gasteiger charge is 2.22. The van der Waals surface area contributed by atoms with Crippen molar-refractivity contribution in [3.05, 3.63) is 33.9 Å². The van der Waals surface area contributed by atoms with Gasteiger partial charge in [0.1, 0.15) is 0 Å². The van der Waals surface area contributed by atoms with Crippen LogP contribution in [-0.4, -0.2) is 42.6 Å². The lowest BCUT2D eigenvalue weighted by Crippen LogP contribution is -2.37. The van der Waals surface area contributed by atoms with Crippen LogP contribution in [0.5, 0.6) is 5.75 Å². The van der Waals surface area contributed by atoms with Crippen molar-refractivity contribution in [1.82, 2.24) is 10.2 Å². The molecule has 6 nitrogen and oxygen atoms in total. The first-order valence-electron chi connectivity index (χ1n) is 7.41. The van der Waals surface area contributed by atoms with E-state index < -0.39 is 4.92 Å². The SMILES string of the molecule is CCN1CCCC1CNCc1ccc(OC)c([N+](=O)[O-])c1. The molecule has 0 radical (unpaired) electrons. The Hall–Kier alpha value is -1.66. The van der Waals surface area contributed by atoms with E-state index in [9.17, 15) is 10.1 Å². The molecule has 1 aromatic rings. The first-order chi connectivity index (χ1) is 10.2. The molecule has 1 aliphatic heterocycles. The van der Waals surface area contributed by atoms with Gasteiger partial charge in [0.05, 0.1) is 12.0 Å². The number of nitro benzene ring substituents is 1. The quantitative estimate of drug-likeness (QED) is 0.616. The number of nitrogens with zero attached hydrogens (tertiary/aromatic N) is 2. The summed E-state index contributed by atoms with van der Waals surface area (Å²) in [5.41, 5.74) is 0.927. The Kier molecular flexibility index (Phi) is 5.52. The molecule has 1 aromatic carbocycles. The van der Waals surface area contributed by atoms with E-state index in [1.54, 1.807) is 12.1 Å². The van der Waals surface area contributed by atoms with E-state index in [1.165, 1.54) is 26.5 Å². The lowest BCUT2D eigenvalue weighted by molar-refractivity contribution is -0.385. The third-order valence-corrected chi connectivity index (χ3v) is 4.05. The standard InChI is InChI=1S/C15H23N3O3/c1-3-17-8-4-5-13(17)11-16-10-12-6-7-15(21-2)14(9-12)18(19)20/h6-7,9,13,16H,3-5,8,10-11H2,1-2H3. The van der Waals surface area contributed by atoms with Crippen molar-refractivity contribution in [2.45, 2.75) is 32.4 Å². The predicted octanol–water partition coefficient (Wildman–Crippen LogP) is 2.18. The molecule has 1 aliphatic rings. The average Bonchev–Trinajstić information content (AvgIpc) is 2.94. The van der Waals surface area contributed by atoms with Gasteiger partial charge in [0.2, 0.25) is 0 Å². The number of hydrogen-bond donors (Lipinski definition) is 1. The van der Waals surface area contributed by atoms with Crippen molar-refractivity contribution in [2.75, 3.05) is 26.7 Å². The summed E-state index contributed by atoms with van der Waals surface area (Å²) < 4.78 is 5.01. The summed E-state index contributed by atoms with van der Waals surface area (Å²) in [7, 11) is 1.44. The molecule has 0 saturated carbocycles. The first-order valence-corrected chi connectivity index (χ1v) is 7.41. The zero-order valence-electron chi connectivity index (χ0n) is 12.7. The van der Waals surface area contributed by atoms with Crippen LogP contribution in [-0.2, 0) is 6.54 Å². The van der Waals surface area contributed by atoms with Crippen LogP contribution in [0.2, 0.25) is 0 Å². The molecule has 0 bridgehead atoms. The van der Waals surface area contributed by atoms with E-state index in [0.29, 0.717) is 18.3 Å². The van der Waals surface area contributed by atoms with Crippen LogP contribution >= 0.6 is 0 Å². The molecule has 0 aliphatic carbocycles. The molecule has 1 atom stereocenters. The molecule has 1 heterocycles. The summed E-state index contributed by atoms with van der Waals surface area (Å²) in [4.78, 5) is 13.1. The number of likely N-dealkylation sites (N-methyl/N-ethyl adjacent to an activating group) is 1. The van der Waals surface area contributed by atoms with Crippen molar-refractivity contribution in [3.8, 4) is 5.75 Å². The lowest BCUT2D eigenvalue weighted by atomic mass is 10.1. The maximum atomic E-state index is 11.0. The summed E-state index contributed by atoms with van der Waals surface area (Å²) in [5, 5.41) is 14.4. The molecule has 0 amide bonds. The predicted molar refractivity (Wildman–Crippen MR) is 81.6 cm³/mol. The topological polar surface area (TPSA) is 67.6 Å². The van der Waals surface area contributed by atoms with Gasteiger partial charge in [-0.25, -0.2) is 0 Å². The average molecular weight is 293 g/mol. The van der Waals surface area contributed by atoms with Gasteiger partial charge in [-0.3, -0.25) is 15.0 Å². The summed E-state index contributed by atoms with van der Waals surface area (Å²) in [5.74, 6) is 0.303. The Balaban J connectivity index is 1.91. The summed E-state index contributed by atoms with van der Waals surface area (Å²) in [6, 6.07) is 5.69. The second-order valence-corrected chi connectivity index (χ2v) is 5.32. The Bertz CT molecular complexity index is 493. The summed E-state index contributed by atoms with van der Waals surface area (Å²) in [6.45, 7) is 6.01. The van der Waals surface area contributed by atoms with Gasteiger partial charge in [0.25, 0.3) is 0 Å². The van der Waals surface area contributed by atoms with Crippen molar-refractivity contribution < 1.29 is 9.66 Å². The van der Waals surface area contributed by atoms with Crippen molar-refractivity contribution >= 4 is 5.69 Å². The van der Waals surface area contributed by atoms with E-state index in [4.69, 9.17) is 4.74 Å². The third-order valence-electron chi connectivity index (χ3n) is 4.05. The maximum Gasteiger partial charge on any atom is 0.311 e. The number of likely N-dealkylation sites (tertiary alicyclic amines) is 1. The van der Waals surface area contributed by atoms with E-state index >= 15 is 0 Å². The summed E-state index contributed by atoms with van der Waals surface area (Å²) >= 11 is 0. The monoisotopic (exact) mass is 293 g/mol. The van der Waals surface area contributed by atoms with Crippen LogP contribution in [0.3, 0.4) is 0 Å². The Morgan fingerprint density at radius 1 is 1.52 bits per heavy atom. The normalized spacial score (nSPS) is 18.9. The fourth-order valence-electron chi connectivity index (χ4n) is 2.91. The lowest BCUT2D eigenvalue weighted by Gasteiger charge is -2.23. The minimum absolute atomic E-state index is 0.0212. The van der Waals surface area contributed by atoms with Gasteiger partial charge in [0.15, 0.2) is 5.75 Å².